The Hall–Kier alpha value is -4.23. The van der Waals surface area contributed by atoms with Gasteiger partial charge in [0, 0.05) is 31.3 Å². The molecule has 1 heterocycles. The summed E-state index contributed by atoms with van der Waals surface area (Å²) in [5.41, 5.74) is 4.43. The minimum atomic E-state index is -0.959. The highest BCUT2D eigenvalue weighted by atomic mass is 32.1. The van der Waals surface area contributed by atoms with Crippen molar-refractivity contribution in [3.63, 3.8) is 0 Å². The van der Waals surface area contributed by atoms with Gasteiger partial charge >= 0.3 is 5.97 Å². The number of thiophene rings is 1. The number of anilines is 1. The Kier molecular flexibility index (Phi) is 8.71. The van der Waals surface area contributed by atoms with E-state index in [0.717, 1.165) is 16.1 Å². The summed E-state index contributed by atoms with van der Waals surface area (Å²) in [5, 5.41) is 12.1. The summed E-state index contributed by atoms with van der Waals surface area (Å²) < 4.78 is 0. The first-order valence-corrected chi connectivity index (χ1v) is 13.3. The molecule has 4 aromatic rings. The largest absolute Gasteiger partial charge is 0.481 e. The number of nitrogens with zero attached hydrogens (tertiary/aromatic N) is 2. The second kappa shape index (κ2) is 12.3. The topological polar surface area (TPSA) is 77.9 Å². The summed E-state index contributed by atoms with van der Waals surface area (Å²) in [5.74, 6) is -1.39. The SMILES string of the molecule is Cc1ccc(CCN(CCC(=O)O)C(=O)c2ccccc2-c2ccccc2C(=O)N(C)c2cccs2)cc1. The van der Waals surface area contributed by atoms with Crippen LogP contribution in [0.15, 0.2) is 90.3 Å². The molecule has 0 saturated carbocycles. The first kappa shape index (κ1) is 26.8. The second-order valence-electron chi connectivity index (χ2n) is 9.08. The Morgan fingerprint density at radius 3 is 1.95 bits per heavy atom. The van der Waals surface area contributed by atoms with E-state index in [1.807, 2.05) is 79.0 Å². The van der Waals surface area contributed by atoms with Gasteiger partial charge in [0.05, 0.1) is 11.4 Å². The van der Waals surface area contributed by atoms with Crippen LogP contribution in [0.1, 0.15) is 38.3 Å². The number of rotatable bonds is 10. The van der Waals surface area contributed by atoms with E-state index in [1.165, 1.54) is 11.3 Å². The van der Waals surface area contributed by atoms with Gasteiger partial charge in [-0.3, -0.25) is 14.4 Å². The molecule has 6 nitrogen and oxygen atoms in total. The number of carboxylic acids is 1. The van der Waals surface area contributed by atoms with Gasteiger partial charge in [-0.2, -0.15) is 0 Å². The Balaban J connectivity index is 1.66. The summed E-state index contributed by atoms with van der Waals surface area (Å²) >= 11 is 1.48. The third-order valence-corrected chi connectivity index (χ3v) is 7.36. The molecular weight excluding hydrogens is 496 g/mol. The summed E-state index contributed by atoms with van der Waals surface area (Å²) in [6.45, 7) is 2.49. The highest BCUT2D eigenvalue weighted by molar-refractivity contribution is 7.14. The van der Waals surface area contributed by atoms with Crippen LogP contribution in [0.3, 0.4) is 0 Å². The Morgan fingerprint density at radius 1 is 0.763 bits per heavy atom. The Bertz CT molecular complexity index is 1410. The molecular formula is C31H30N2O4S. The smallest absolute Gasteiger partial charge is 0.305 e. The van der Waals surface area contributed by atoms with E-state index in [0.29, 0.717) is 35.2 Å². The van der Waals surface area contributed by atoms with Crippen LogP contribution in [0.4, 0.5) is 5.00 Å². The standard InChI is InChI=1S/C31H30N2O4S/c1-22-13-15-23(16-14-22)17-19-33(20-18-29(34)35)31(37)27-11-6-4-9-25(27)24-8-3-5-10-26(24)30(36)32(2)28-12-7-21-38-28/h3-16,21H,17-20H2,1-2H3,(H,34,35). The number of aliphatic carboxylic acids is 1. The van der Waals surface area contributed by atoms with Gasteiger partial charge < -0.3 is 14.9 Å². The predicted octanol–water partition coefficient (Wildman–Crippen LogP) is 6.16. The van der Waals surface area contributed by atoms with Gasteiger partial charge in [0.15, 0.2) is 0 Å². The molecule has 7 heteroatoms. The van der Waals surface area contributed by atoms with Gasteiger partial charge in [-0.1, -0.05) is 66.2 Å². The molecule has 194 valence electrons. The third-order valence-electron chi connectivity index (χ3n) is 6.42. The lowest BCUT2D eigenvalue weighted by Gasteiger charge is -2.24. The molecule has 0 aliphatic carbocycles. The second-order valence-corrected chi connectivity index (χ2v) is 10.0. The number of carbonyl (C=O) groups is 3. The number of hydrogen-bond acceptors (Lipinski definition) is 4. The van der Waals surface area contributed by atoms with Gasteiger partial charge in [-0.15, -0.1) is 11.3 Å². The fourth-order valence-electron chi connectivity index (χ4n) is 4.29. The monoisotopic (exact) mass is 526 g/mol. The lowest BCUT2D eigenvalue weighted by atomic mass is 9.94. The number of aryl methyl sites for hydroxylation is 1. The van der Waals surface area contributed by atoms with Crippen LogP contribution < -0.4 is 4.90 Å². The van der Waals surface area contributed by atoms with Crippen LogP contribution in [0.5, 0.6) is 0 Å². The van der Waals surface area contributed by atoms with Crippen molar-refractivity contribution in [2.75, 3.05) is 25.0 Å². The van der Waals surface area contributed by atoms with E-state index in [1.54, 1.807) is 35.0 Å². The number of hydrogen-bond donors (Lipinski definition) is 1. The van der Waals surface area contributed by atoms with Crippen molar-refractivity contribution in [2.45, 2.75) is 19.8 Å². The fourth-order valence-corrected chi connectivity index (χ4v) is 4.98. The molecule has 1 aromatic heterocycles. The van der Waals surface area contributed by atoms with E-state index < -0.39 is 5.97 Å². The number of amides is 2. The minimum absolute atomic E-state index is 0.0933. The van der Waals surface area contributed by atoms with E-state index in [-0.39, 0.29) is 24.8 Å². The first-order chi connectivity index (χ1) is 18.3. The molecule has 0 bridgehead atoms. The summed E-state index contributed by atoms with van der Waals surface area (Å²) in [6, 6.07) is 26.3. The van der Waals surface area contributed by atoms with Gasteiger partial charge in [-0.05, 0) is 59.7 Å². The molecule has 0 radical (unpaired) electrons. The molecule has 38 heavy (non-hydrogen) atoms. The van der Waals surface area contributed by atoms with Crippen LogP contribution in [-0.2, 0) is 11.2 Å². The quantitative estimate of drug-likeness (QED) is 0.268. The number of benzene rings is 3. The zero-order valence-corrected chi connectivity index (χ0v) is 22.3. The summed E-state index contributed by atoms with van der Waals surface area (Å²) in [7, 11) is 1.74. The molecule has 0 aliphatic heterocycles. The lowest BCUT2D eigenvalue weighted by Crippen LogP contribution is -2.35. The normalized spacial score (nSPS) is 10.7. The zero-order chi connectivity index (χ0) is 27.1. The van der Waals surface area contributed by atoms with Crippen molar-refractivity contribution in [2.24, 2.45) is 0 Å². The van der Waals surface area contributed by atoms with Gasteiger partial charge in [-0.25, -0.2) is 0 Å². The lowest BCUT2D eigenvalue weighted by molar-refractivity contribution is -0.137. The predicted molar refractivity (Wildman–Crippen MR) is 152 cm³/mol. The molecule has 0 spiro atoms. The molecule has 0 aliphatic rings. The van der Waals surface area contributed by atoms with Crippen molar-refractivity contribution < 1.29 is 19.5 Å². The van der Waals surface area contributed by atoms with Crippen LogP contribution in [-0.4, -0.2) is 47.9 Å². The molecule has 0 fully saturated rings. The van der Waals surface area contributed by atoms with Gasteiger partial charge in [0.25, 0.3) is 11.8 Å². The van der Waals surface area contributed by atoms with Gasteiger partial charge in [0.1, 0.15) is 0 Å². The maximum atomic E-state index is 13.9. The average molecular weight is 527 g/mol. The van der Waals surface area contributed by atoms with Crippen LogP contribution in [0, 0.1) is 6.92 Å². The molecule has 0 unspecified atom stereocenters. The van der Waals surface area contributed by atoms with Crippen molar-refractivity contribution >= 4 is 34.1 Å². The van der Waals surface area contributed by atoms with Crippen LogP contribution in [0.25, 0.3) is 11.1 Å². The molecule has 4 rings (SSSR count). The van der Waals surface area contributed by atoms with Gasteiger partial charge in [0.2, 0.25) is 0 Å². The van der Waals surface area contributed by atoms with Crippen LogP contribution >= 0.6 is 11.3 Å². The molecule has 2 amide bonds. The minimum Gasteiger partial charge on any atom is -0.481 e. The summed E-state index contributed by atoms with van der Waals surface area (Å²) in [4.78, 5) is 41.9. The molecule has 1 N–H and O–H groups in total. The van der Waals surface area contributed by atoms with E-state index >= 15 is 0 Å². The number of carbonyl (C=O) groups excluding carboxylic acids is 2. The molecule has 0 atom stereocenters. The van der Waals surface area contributed by atoms with E-state index in [2.05, 4.69) is 0 Å². The first-order valence-electron chi connectivity index (χ1n) is 12.4. The maximum Gasteiger partial charge on any atom is 0.305 e. The maximum absolute atomic E-state index is 13.9. The van der Waals surface area contributed by atoms with E-state index in [9.17, 15) is 19.5 Å². The Morgan fingerprint density at radius 2 is 1.37 bits per heavy atom. The highest BCUT2D eigenvalue weighted by Gasteiger charge is 2.24. The third kappa shape index (κ3) is 6.36. The van der Waals surface area contributed by atoms with E-state index in [4.69, 9.17) is 0 Å². The van der Waals surface area contributed by atoms with Crippen molar-refractivity contribution in [3.8, 4) is 11.1 Å². The zero-order valence-electron chi connectivity index (χ0n) is 21.5. The van der Waals surface area contributed by atoms with Crippen LogP contribution in [0.2, 0.25) is 0 Å². The summed E-state index contributed by atoms with van der Waals surface area (Å²) in [6.07, 6.45) is 0.455. The molecule has 0 saturated heterocycles. The molecule has 3 aromatic carbocycles. The fraction of sp³-hybridized carbons (Fsp3) is 0.194. The Labute approximate surface area is 226 Å². The van der Waals surface area contributed by atoms with Crippen molar-refractivity contribution in [3.05, 3.63) is 113 Å². The average Bonchev–Trinajstić information content (AvgIpc) is 3.48. The highest BCUT2D eigenvalue weighted by Crippen LogP contribution is 2.31. The van der Waals surface area contributed by atoms with Crippen molar-refractivity contribution in [1.29, 1.82) is 0 Å². The van der Waals surface area contributed by atoms with Crippen molar-refractivity contribution in [1.82, 2.24) is 4.90 Å². The number of carboxylic acid groups (broad SMARTS) is 1.